The van der Waals surface area contributed by atoms with Crippen LogP contribution in [0.1, 0.15) is 17.3 Å². The van der Waals surface area contributed by atoms with Crippen LogP contribution in [0.25, 0.3) is 22.6 Å². The molecule has 4 aromatic carbocycles. The van der Waals surface area contributed by atoms with E-state index in [0.717, 1.165) is 21.6 Å². The summed E-state index contributed by atoms with van der Waals surface area (Å²) in [5.41, 5.74) is 4.18. The van der Waals surface area contributed by atoms with Crippen molar-refractivity contribution in [2.24, 2.45) is 0 Å². The number of ether oxygens (including phenoxy) is 1. The number of carbonyl (C=O) groups is 2. The summed E-state index contributed by atoms with van der Waals surface area (Å²) in [7, 11) is 1.56. The number of carbonyl (C=O) groups excluding carboxylic acids is 2. The minimum atomic E-state index is -0.365. The number of thioether (sulfide) groups is 1. The predicted octanol–water partition coefficient (Wildman–Crippen LogP) is 6.88. The fourth-order valence-electron chi connectivity index (χ4n) is 3.81. The monoisotopic (exact) mass is 523 g/mol. The minimum absolute atomic E-state index is 0.129. The Morgan fingerprint density at radius 2 is 1.66 bits per heavy atom. The summed E-state index contributed by atoms with van der Waals surface area (Å²) >= 11 is 1.41. The molecule has 0 spiro atoms. The van der Waals surface area contributed by atoms with Crippen LogP contribution in [0.4, 0.5) is 11.4 Å². The number of nitrogens with zero attached hydrogens (tertiary/aromatic N) is 1. The molecule has 1 atom stereocenters. The molecule has 0 saturated heterocycles. The van der Waals surface area contributed by atoms with E-state index in [1.165, 1.54) is 11.8 Å². The third-order valence-electron chi connectivity index (χ3n) is 5.80. The van der Waals surface area contributed by atoms with E-state index in [0.29, 0.717) is 28.6 Å². The van der Waals surface area contributed by atoms with Gasteiger partial charge in [-0.3, -0.25) is 9.59 Å². The number of fused-ring (bicyclic) bond motifs is 1. The van der Waals surface area contributed by atoms with Crippen LogP contribution < -0.4 is 15.4 Å². The molecule has 5 aromatic rings. The van der Waals surface area contributed by atoms with Gasteiger partial charge in [0.05, 0.1) is 12.4 Å². The van der Waals surface area contributed by atoms with Crippen molar-refractivity contribution in [1.82, 2.24) is 4.98 Å². The summed E-state index contributed by atoms with van der Waals surface area (Å²) in [6, 6.07) is 29.4. The molecule has 1 unspecified atom stereocenters. The Morgan fingerprint density at radius 1 is 0.868 bits per heavy atom. The average Bonchev–Trinajstić information content (AvgIpc) is 3.38. The number of methoxy groups -OCH3 is 1. The third kappa shape index (κ3) is 5.87. The van der Waals surface area contributed by atoms with Crippen molar-refractivity contribution in [3.05, 3.63) is 103 Å². The first-order valence-corrected chi connectivity index (χ1v) is 12.9. The number of hydrogen-bond donors (Lipinski definition) is 2. The van der Waals surface area contributed by atoms with E-state index in [2.05, 4.69) is 15.6 Å². The number of oxazole rings is 1. The molecule has 0 aliphatic rings. The van der Waals surface area contributed by atoms with Gasteiger partial charge in [0.15, 0.2) is 5.58 Å². The van der Waals surface area contributed by atoms with Crippen molar-refractivity contribution in [2.75, 3.05) is 17.7 Å². The lowest BCUT2D eigenvalue weighted by atomic mass is 10.2. The first-order chi connectivity index (χ1) is 18.5. The topological polar surface area (TPSA) is 93.5 Å². The van der Waals surface area contributed by atoms with Crippen LogP contribution in [-0.4, -0.2) is 29.2 Å². The van der Waals surface area contributed by atoms with Gasteiger partial charge in [-0.2, -0.15) is 0 Å². The molecule has 0 bridgehead atoms. The zero-order chi connectivity index (χ0) is 26.5. The number of amides is 2. The lowest BCUT2D eigenvalue weighted by Crippen LogP contribution is -2.22. The first kappa shape index (κ1) is 25.1. The highest BCUT2D eigenvalue weighted by Gasteiger charge is 2.16. The van der Waals surface area contributed by atoms with Gasteiger partial charge in [-0.05, 0) is 79.7 Å². The molecule has 2 amide bonds. The SMILES string of the molecule is COc1cccc(C(=O)Nc2cccc(SC(C)C(=O)Nc3ccc(-c4nc5ccccc5o4)cc3)c2)c1. The van der Waals surface area contributed by atoms with Crippen LogP contribution in [0.15, 0.2) is 106 Å². The van der Waals surface area contributed by atoms with Crippen LogP contribution in [0.3, 0.4) is 0 Å². The standard InChI is InChI=1S/C30H25N3O4S/c1-19(38-25-10-6-8-23(18-25)32-29(35)21-7-5-9-24(17-21)36-2)28(34)31-22-15-13-20(14-16-22)30-33-26-11-3-4-12-27(26)37-30/h3-19H,1-2H3,(H,31,34)(H,32,35). The maximum atomic E-state index is 12.9. The van der Waals surface area contributed by atoms with Gasteiger partial charge in [0, 0.05) is 27.4 Å². The number of nitrogens with one attached hydrogen (secondary N) is 2. The number of rotatable bonds is 8. The molecule has 5 rings (SSSR count). The largest absolute Gasteiger partial charge is 0.497 e. The predicted molar refractivity (Wildman–Crippen MR) is 151 cm³/mol. The molecule has 0 saturated carbocycles. The van der Waals surface area contributed by atoms with Crippen molar-refractivity contribution in [3.63, 3.8) is 0 Å². The molecule has 7 nitrogen and oxygen atoms in total. The summed E-state index contributed by atoms with van der Waals surface area (Å²) in [5.74, 6) is 0.780. The van der Waals surface area contributed by atoms with E-state index >= 15 is 0 Å². The normalized spacial score (nSPS) is 11.6. The second-order valence-electron chi connectivity index (χ2n) is 8.53. The van der Waals surface area contributed by atoms with Gasteiger partial charge in [-0.1, -0.05) is 24.3 Å². The number of hydrogen-bond acceptors (Lipinski definition) is 6. The first-order valence-electron chi connectivity index (χ1n) is 12.0. The van der Waals surface area contributed by atoms with E-state index in [1.807, 2.05) is 79.7 Å². The van der Waals surface area contributed by atoms with Crippen LogP contribution in [-0.2, 0) is 4.79 Å². The molecule has 1 aromatic heterocycles. The molecule has 190 valence electrons. The van der Waals surface area contributed by atoms with Crippen LogP contribution in [0, 0.1) is 0 Å². The molecule has 8 heteroatoms. The van der Waals surface area contributed by atoms with E-state index in [4.69, 9.17) is 9.15 Å². The lowest BCUT2D eigenvalue weighted by molar-refractivity contribution is -0.115. The fourth-order valence-corrected chi connectivity index (χ4v) is 4.73. The highest BCUT2D eigenvalue weighted by molar-refractivity contribution is 8.00. The second-order valence-corrected chi connectivity index (χ2v) is 9.94. The van der Waals surface area contributed by atoms with Crippen molar-refractivity contribution in [3.8, 4) is 17.2 Å². The summed E-state index contributed by atoms with van der Waals surface area (Å²) in [5, 5.41) is 5.49. The summed E-state index contributed by atoms with van der Waals surface area (Å²) in [6.07, 6.45) is 0. The molecule has 0 radical (unpaired) electrons. The smallest absolute Gasteiger partial charge is 0.255 e. The maximum absolute atomic E-state index is 12.9. The van der Waals surface area contributed by atoms with Crippen LogP contribution >= 0.6 is 11.8 Å². The number of para-hydroxylation sites is 2. The number of benzene rings is 4. The molecule has 0 fully saturated rings. The Bertz CT molecular complexity index is 1560. The van der Waals surface area contributed by atoms with Crippen molar-refractivity contribution in [2.45, 2.75) is 17.1 Å². The van der Waals surface area contributed by atoms with Gasteiger partial charge < -0.3 is 19.8 Å². The van der Waals surface area contributed by atoms with Gasteiger partial charge in [0.1, 0.15) is 11.3 Å². The van der Waals surface area contributed by atoms with Gasteiger partial charge in [-0.15, -0.1) is 11.8 Å². The fraction of sp³-hybridized carbons (Fsp3) is 0.100. The zero-order valence-corrected chi connectivity index (χ0v) is 21.6. The Kier molecular flexibility index (Phi) is 7.42. The number of aromatic nitrogens is 1. The summed E-state index contributed by atoms with van der Waals surface area (Å²) in [4.78, 5) is 30.9. The Balaban J connectivity index is 1.19. The summed E-state index contributed by atoms with van der Waals surface area (Å²) < 4.78 is 11.0. The van der Waals surface area contributed by atoms with E-state index in [1.54, 1.807) is 31.4 Å². The van der Waals surface area contributed by atoms with Gasteiger partial charge in [-0.25, -0.2) is 4.98 Å². The van der Waals surface area contributed by atoms with E-state index in [-0.39, 0.29) is 17.1 Å². The van der Waals surface area contributed by atoms with Crippen LogP contribution in [0.5, 0.6) is 5.75 Å². The molecular formula is C30H25N3O4S. The van der Waals surface area contributed by atoms with E-state index < -0.39 is 0 Å². The molecule has 2 N–H and O–H groups in total. The Hall–Kier alpha value is -4.56. The van der Waals surface area contributed by atoms with Crippen LogP contribution in [0.2, 0.25) is 0 Å². The van der Waals surface area contributed by atoms with Gasteiger partial charge in [0.25, 0.3) is 5.91 Å². The van der Waals surface area contributed by atoms with Crippen molar-refractivity contribution in [1.29, 1.82) is 0 Å². The van der Waals surface area contributed by atoms with E-state index in [9.17, 15) is 9.59 Å². The molecular weight excluding hydrogens is 498 g/mol. The lowest BCUT2D eigenvalue weighted by Gasteiger charge is -2.13. The second kappa shape index (κ2) is 11.2. The molecule has 38 heavy (non-hydrogen) atoms. The van der Waals surface area contributed by atoms with Gasteiger partial charge >= 0.3 is 0 Å². The Morgan fingerprint density at radius 3 is 2.45 bits per heavy atom. The van der Waals surface area contributed by atoms with Crippen molar-refractivity contribution >= 4 is 46.1 Å². The van der Waals surface area contributed by atoms with Crippen molar-refractivity contribution < 1.29 is 18.7 Å². The minimum Gasteiger partial charge on any atom is -0.497 e. The quantitative estimate of drug-likeness (QED) is 0.216. The third-order valence-corrected chi connectivity index (χ3v) is 6.89. The molecule has 0 aliphatic carbocycles. The summed E-state index contributed by atoms with van der Waals surface area (Å²) in [6.45, 7) is 1.84. The average molecular weight is 524 g/mol. The van der Waals surface area contributed by atoms with Gasteiger partial charge in [0.2, 0.25) is 11.8 Å². The highest BCUT2D eigenvalue weighted by atomic mass is 32.2. The highest BCUT2D eigenvalue weighted by Crippen LogP contribution is 2.28. The Labute approximate surface area is 224 Å². The molecule has 1 heterocycles. The number of anilines is 2. The zero-order valence-electron chi connectivity index (χ0n) is 20.8. The maximum Gasteiger partial charge on any atom is 0.255 e. The molecule has 0 aliphatic heterocycles.